The number of amides is 1. The maximum absolute atomic E-state index is 12.0. The van der Waals surface area contributed by atoms with E-state index >= 15 is 0 Å². The number of nitrogens with two attached hydrogens (primary N) is 1. The van der Waals surface area contributed by atoms with Crippen LogP contribution in [0, 0.1) is 0 Å². The molecule has 0 aliphatic heterocycles. The monoisotopic (exact) mass is 337 g/mol. The van der Waals surface area contributed by atoms with Crippen LogP contribution >= 0.6 is 15.9 Å². The van der Waals surface area contributed by atoms with Crippen molar-refractivity contribution >= 4 is 27.5 Å². The third-order valence-electron chi connectivity index (χ3n) is 2.77. The molecule has 106 valence electrons. The van der Waals surface area contributed by atoms with Crippen LogP contribution < -0.4 is 11.1 Å². The van der Waals surface area contributed by atoms with Crippen LogP contribution in [0.4, 0.5) is 5.69 Å². The van der Waals surface area contributed by atoms with E-state index < -0.39 is 0 Å². The molecule has 0 radical (unpaired) electrons. The molecule has 0 fully saturated rings. The van der Waals surface area contributed by atoms with Gasteiger partial charge in [-0.3, -0.25) is 4.79 Å². The molecule has 20 heavy (non-hydrogen) atoms. The van der Waals surface area contributed by atoms with E-state index in [0.29, 0.717) is 11.6 Å². The molecule has 0 aliphatic rings. The maximum atomic E-state index is 12.0. The number of nitrogens with one attached hydrogen (secondary N) is 1. The zero-order chi connectivity index (χ0) is 14.5. The summed E-state index contributed by atoms with van der Waals surface area (Å²) in [6.45, 7) is 2.03. The van der Waals surface area contributed by atoms with E-state index in [9.17, 15) is 4.79 Å². The minimum absolute atomic E-state index is 0.231. The van der Waals surface area contributed by atoms with E-state index in [1.54, 1.807) is 12.1 Å². The number of rotatable bonds is 5. The third kappa shape index (κ3) is 3.68. The molecular formula is C14H16BrN3O2. The highest BCUT2D eigenvalue weighted by Gasteiger charge is 2.16. The summed E-state index contributed by atoms with van der Waals surface area (Å²) in [7, 11) is 0. The van der Waals surface area contributed by atoms with Crippen molar-refractivity contribution < 1.29 is 9.21 Å². The van der Waals surface area contributed by atoms with Gasteiger partial charge in [-0.05, 0) is 30.7 Å². The topological polar surface area (TPSA) is 81.1 Å². The van der Waals surface area contributed by atoms with Gasteiger partial charge in [0, 0.05) is 10.2 Å². The molecule has 1 amide bonds. The fourth-order valence-electron chi connectivity index (χ4n) is 1.73. The Morgan fingerprint density at radius 2 is 2.15 bits per heavy atom. The Bertz CT molecular complexity index is 580. The first-order chi connectivity index (χ1) is 9.60. The van der Waals surface area contributed by atoms with Crippen LogP contribution in [0.1, 0.15) is 42.2 Å². The second-order valence-corrected chi connectivity index (χ2v) is 5.34. The van der Waals surface area contributed by atoms with E-state index in [4.69, 9.17) is 10.2 Å². The van der Waals surface area contributed by atoms with Crippen molar-refractivity contribution in [3.8, 4) is 0 Å². The average molecular weight is 338 g/mol. The molecular weight excluding hydrogens is 322 g/mol. The van der Waals surface area contributed by atoms with Crippen molar-refractivity contribution in [2.45, 2.75) is 25.8 Å². The highest BCUT2D eigenvalue weighted by molar-refractivity contribution is 9.10. The second-order valence-electron chi connectivity index (χ2n) is 4.43. The smallest absolute Gasteiger partial charge is 0.277 e. The van der Waals surface area contributed by atoms with Gasteiger partial charge in [-0.1, -0.05) is 29.3 Å². The zero-order valence-corrected chi connectivity index (χ0v) is 12.7. The van der Waals surface area contributed by atoms with Crippen molar-refractivity contribution in [3.63, 3.8) is 0 Å². The number of anilines is 1. The van der Waals surface area contributed by atoms with Gasteiger partial charge in [0.15, 0.2) is 5.69 Å². The van der Waals surface area contributed by atoms with Gasteiger partial charge in [0.25, 0.3) is 5.91 Å². The van der Waals surface area contributed by atoms with Gasteiger partial charge in [0.1, 0.15) is 6.26 Å². The highest BCUT2D eigenvalue weighted by Crippen LogP contribution is 2.17. The lowest BCUT2D eigenvalue weighted by Crippen LogP contribution is -2.14. The van der Waals surface area contributed by atoms with Crippen LogP contribution in [0.5, 0.6) is 0 Å². The molecule has 3 N–H and O–H groups in total. The molecule has 0 saturated carbocycles. The lowest BCUT2D eigenvalue weighted by molar-refractivity contribution is 0.102. The summed E-state index contributed by atoms with van der Waals surface area (Å²) in [6.07, 6.45) is 3.04. The Morgan fingerprint density at radius 3 is 2.80 bits per heavy atom. The molecule has 1 heterocycles. The van der Waals surface area contributed by atoms with Gasteiger partial charge in [-0.25, -0.2) is 4.98 Å². The first kappa shape index (κ1) is 14.7. The Balaban J connectivity index is 2.04. The van der Waals surface area contributed by atoms with Gasteiger partial charge < -0.3 is 15.5 Å². The number of benzene rings is 1. The lowest BCUT2D eigenvalue weighted by Gasteiger charge is -2.04. The number of oxazole rings is 1. The Kier molecular flexibility index (Phi) is 4.92. The Morgan fingerprint density at radius 1 is 1.45 bits per heavy atom. The standard InChI is InChI=1S/C14H16BrN3O2/c1-2-3-11(16)14-18-12(8-20-14)13(19)17-10-6-4-9(15)5-7-10/h4-8,11H,2-3,16H2,1H3,(H,17,19). The van der Waals surface area contributed by atoms with Gasteiger partial charge in [0.2, 0.25) is 5.89 Å². The SMILES string of the molecule is CCCC(N)c1nc(C(=O)Nc2ccc(Br)cc2)co1. The molecule has 6 heteroatoms. The molecule has 1 atom stereocenters. The van der Waals surface area contributed by atoms with Gasteiger partial charge in [-0.15, -0.1) is 0 Å². The molecule has 1 unspecified atom stereocenters. The van der Waals surface area contributed by atoms with Crippen LogP contribution in [-0.4, -0.2) is 10.9 Å². The first-order valence-electron chi connectivity index (χ1n) is 6.38. The summed E-state index contributed by atoms with van der Waals surface area (Å²) in [5.74, 6) is 0.0822. The molecule has 0 aliphatic carbocycles. The maximum Gasteiger partial charge on any atom is 0.277 e. The number of carbonyl (C=O) groups is 1. The summed E-state index contributed by atoms with van der Waals surface area (Å²) in [5.41, 5.74) is 6.82. The molecule has 1 aromatic heterocycles. The fraction of sp³-hybridized carbons (Fsp3) is 0.286. The fourth-order valence-corrected chi connectivity index (χ4v) is 1.99. The van der Waals surface area contributed by atoms with Crippen LogP contribution in [0.2, 0.25) is 0 Å². The van der Waals surface area contributed by atoms with E-state index in [1.165, 1.54) is 6.26 Å². The summed E-state index contributed by atoms with van der Waals surface area (Å²) in [4.78, 5) is 16.1. The molecule has 1 aromatic carbocycles. The van der Waals surface area contributed by atoms with Crippen molar-refractivity contribution in [3.05, 3.63) is 46.6 Å². The number of hydrogen-bond acceptors (Lipinski definition) is 4. The summed E-state index contributed by atoms with van der Waals surface area (Å²) in [5, 5.41) is 2.75. The first-order valence-corrected chi connectivity index (χ1v) is 7.17. The van der Waals surface area contributed by atoms with Crippen LogP contribution in [0.15, 0.2) is 39.4 Å². The molecule has 0 bridgehead atoms. The van der Waals surface area contributed by atoms with Crippen LogP contribution in [0.3, 0.4) is 0 Å². The number of halogens is 1. The third-order valence-corrected chi connectivity index (χ3v) is 3.30. The number of hydrogen-bond donors (Lipinski definition) is 2. The predicted octanol–water partition coefficient (Wildman–Crippen LogP) is 3.49. The predicted molar refractivity (Wildman–Crippen MR) is 80.4 cm³/mol. The van der Waals surface area contributed by atoms with Gasteiger partial charge >= 0.3 is 0 Å². The quantitative estimate of drug-likeness (QED) is 0.874. The number of aromatic nitrogens is 1. The lowest BCUT2D eigenvalue weighted by atomic mass is 10.2. The second kappa shape index (κ2) is 6.67. The van der Waals surface area contributed by atoms with E-state index in [1.807, 2.05) is 19.1 Å². The molecule has 2 rings (SSSR count). The van der Waals surface area contributed by atoms with Crippen molar-refractivity contribution in [2.75, 3.05) is 5.32 Å². The molecule has 5 nitrogen and oxygen atoms in total. The Labute approximate surface area is 125 Å². The van der Waals surface area contributed by atoms with Gasteiger partial charge in [-0.2, -0.15) is 0 Å². The summed E-state index contributed by atoms with van der Waals surface area (Å²) >= 11 is 3.34. The normalized spacial score (nSPS) is 12.2. The Hall–Kier alpha value is -1.66. The minimum atomic E-state index is -0.314. The molecule has 0 saturated heterocycles. The van der Waals surface area contributed by atoms with Crippen molar-refractivity contribution in [1.82, 2.24) is 4.98 Å². The van der Waals surface area contributed by atoms with E-state index in [2.05, 4.69) is 26.2 Å². The largest absolute Gasteiger partial charge is 0.446 e. The van der Waals surface area contributed by atoms with Gasteiger partial charge in [0.05, 0.1) is 6.04 Å². The molecule has 2 aromatic rings. The number of nitrogens with zero attached hydrogens (tertiary/aromatic N) is 1. The zero-order valence-electron chi connectivity index (χ0n) is 11.1. The van der Waals surface area contributed by atoms with Crippen LogP contribution in [-0.2, 0) is 0 Å². The minimum Gasteiger partial charge on any atom is -0.446 e. The summed E-state index contributed by atoms with van der Waals surface area (Å²) < 4.78 is 6.20. The van der Waals surface area contributed by atoms with Crippen molar-refractivity contribution in [2.24, 2.45) is 5.73 Å². The molecule has 0 spiro atoms. The number of carbonyl (C=O) groups excluding carboxylic acids is 1. The average Bonchev–Trinajstić information content (AvgIpc) is 2.91. The highest BCUT2D eigenvalue weighted by atomic mass is 79.9. The van der Waals surface area contributed by atoms with Crippen molar-refractivity contribution in [1.29, 1.82) is 0 Å². The van der Waals surface area contributed by atoms with E-state index in [-0.39, 0.29) is 17.6 Å². The summed E-state index contributed by atoms with van der Waals surface area (Å²) in [6, 6.07) is 7.02. The van der Waals surface area contributed by atoms with Crippen LogP contribution in [0.25, 0.3) is 0 Å². The van der Waals surface area contributed by atoms with E-state index in [0.717, 1.165) is 17.3 Å².